The number of carboxylic acid groups (broad SMARTS) is 1. The van der Waals surface area contributed by atoms with Crippen molar-refractivity contribution >= 4 is 26.4 Å². The SMILES string of the molecule is O=C(O)[C@H](CC(F)(F)Cc1ccccc1)[AsH]C(=O)N1CCOCC1. The summed E-state index contributed by atoms with van der Waals surface area (Å²) in [6, 6.07) is 8.22. The predicted molar refractivity (Wildman–Crippen MR) is 86.0 cm³/mol. The first-order valence-electron chi connectivity index (χ1n) is 7.65. The number of hydrogen-bond acceptors (Lipinski definition) is 3. The summed E-state index contributed by atoms with van der Waals surface area (Å²) in [6.07, 6.45) is -1.32. The van der Waals surface area contributed by atoms with Crippen LogP contribution in [0.1, 0.15) is 12.0 Å². The Labute approximate surface area is 145 Å². The van der Waals surface area contributed by atoms with E-state index in [1.54, 1.807) is 30.3 Å². The minimum absolute atomic E-state index is 0.291. The molecule has 0 aliphatic carbocycles. The molecule has 2 rings (SSSR count). The second-order valence-corrected chi connectivity index (χ2v) is 8.63. The Kier molecular flexibility index (Phi) is 6.75. The number of rotatable bonds is 7. The fourth-order valence-electron chi connectivity index (χ4n) is 2.47. The van der Waals surface area contributed by atoms with Crippen molar-refractivity contribution in [2.24, 2.45) is 0 Å². The molecule has 8 heteroatoms. The van der Waals surface area contributed by atoms with E-state index in [1.165, 1.54) is 4.90 Å². The molecule has 1 saturated heterocycles. The van der Waals surface area contributed by atoms with Crippen LogP contribution < -0.4 is 0 Å². The van der Waals surface area contributed by atoms with Crippen molar-refractivity contribution < 1.29 is 28.2 Å². The molecule has 0 radical (unpaired) electrons. The average molecular weight is 403 g/mol. The summed E-state index contributed by atoms with van der Waals surface area (Å²) in [5.41, 5.74) is 0.450. The average Bonchev–Trinajstić information content (AvgIpc) is 2.55. The molecule has 132 valence electrons. The van der Waals surface area contributed by atoms with E-state index in [9.17, 15) is 23.5 Å². The number of nitrogens with zero attached hydrogens (tertiary/aromatic N) is 1. The third kappa shape index (κ3) is 5.87. The van der Waals surface area contributed by atoms with Gasteiger partial charge in [-0.05, 0) is 0 Å². The molecule has 0 spiro atoms. The number of amides is 1. The Morgan fingerprint density at radius 1 is 1.25 bits per heavy atom. The first-order chi connectivity index (χ1) is 11.4. The van der Waals surface area contributed by atoms with Crippen LogP contribution in [0, 0.1) is 0 Å². The molecule has 5 nitrogen and oxygen atoms in total. The first-order valence-corrected chi connectivity index (χ1v) is 9.91. The number of alkyl halides is 2. The summed E-state index contributed by atoms with van der Waals surface area (Å²) in [7, 11) is 0. The van der Waals surface area contributed by atoms with Crippen LogP contribution in [-0.4, -0.2) is 68.6 Å². The van der Waals surface area contributed by atoms with Crippen molar-refractivity contribution in [2.45, 2.75) is 23.5 Å². The summed E-state index contributed by atoms with van der Waals surface area (Å²) in [5.74, 6) is -4.47. The summed E-state index contributed by atoms with van der Waals surface area (Å²) in [5, 5.41) is 9.25. The number of aliphatic carboxylic acids is 1. The van der Waals surface area contributed by atoms with Crippen LogP contribution >= 0.6 is 0 Å². The molecule has 1 aliphatic heterocycles. The first kappa shape index (κ1) is 18.9. The number of hydrogen-bond donors (Lipinski definition) is 1. The van der Waals surface area contributed by atoms with E-state index in [4.69, 9.17) is 4.74 Å². The Balaban J connectivity index is 1.96. The van der Waals surface area contributed by atoms with Gasteiger partial charge >= 0.3 is 145 Å². The summed E-state index contributed by atoms with van der Waals surface area (Å²) in [4.78, 5) is 25.0. The Hall–Kier alpha value is -1.46. The number of benzene rings is 1. The van der Waals surface area contributed by atoms with Gasteiger partial charge in [-0.2, -0.15) is 0 Å². The Morgan fingerprint density at radius 3 is 2.46 bits per heavy atom. The zero-order valence-corrected chi connectivity index (χ0v) is 15.2. The van der Waals surface area contributed by atoms with Gasteiger partial charge in [0.25, 0.3) is 0 Å². The monoisotopic (exact) mass is 403 g/mol. The van der Waals surface area contributed by atoms with Crippen molar-refractivity contribution in [1.29, 1.82) is 0 Å². The van der Waals surface area contributed by atoms with Gasteiger partial charge in [-0.15, -0.1) is 0 Å². The van der Waals surface area contributed by atoms with Gasteiger partial charge in [0.05, 0.1) is 0 Å². The van der Waals surface area contributed by atoms with E-state index in [0.29, 0.717) is 31.9 Å². The third-order valence-electron chi connectivity index (χ3n) is 3.70. The van der Waals surface area contributed by atoms with Crippen LogP contribution in [0.3, 0.4) is 0 Å². The molecule has 24 heavy (non-hydrogen) atoms. The maximum atomic E-state index is 14.2. The predicted octanol–water partition coefficient (Wildman–Crippen LogP) is 2.02. The molecule has 1 unspecified atom stereocenters. The second-order valence-electron chi connectivity index (χ2n) is 5.66. The molecule has 1 aromatic rings. The van der Waals surface area contributed by atoms with Gasteiger partial charge in [0.2, 0.25) is 0 Å². The van der Waals surface area contributed by atoms with Crippen LogP contribution in [0.5, 0.6) is 0 Å². The van der Waals surface area contributed by atoms with Crippen molar-refractivity contribution in [3.63, 3.8) is 0 Å². The van der Waals surface area contributed by atoms with Gasteiger partial charge < -0.3 is 0 Å². The number of halogens is 2. The van der Waals surface area contributed by atoms with Crippen molar-refractivity contribution in [3.8, 4) is 0 Å². The number of carbonyl (C=O) groups is 2. The molecule has 1 aliphatic rings. The molecule has 0 aromatic heterocycles. The van der Waals surface area contributed by atoms with Gasteiger partial charge in [0, 0.05) is 0 Å². The molecule has 1 N–H and O–H groups in total. The maximum absolute atomic E-state index is 14.2. The van der Waals surface area contributed by atoms with Gasteiger partial charge in [-0.3, -0.25) is 0 Å². The molecular weight excluding hydrogens is 383 g/mol. The Bertz CT molecular complexity index is 564. The van der Waals surface area contributed by atoms with Gasteiger partial charge in [0.15, 0.2) is 0 Å². The zero-order valence-electron chi connectivity index (χ0n) is 13.1. The van der Waals surface area contributed by atoms with E-state index >= 15 is 0 Å². The van der Waals surface area contributed by atoms with Gasteiger partial charge in [-0.1, -0.05) is 0 Å². The van der Waals surface area contributed by atoms with E-state index in [0.717, 1.165) is 0 Å². The number of ether oxygens (including phenoxy) is 1. The molecule has 2 atom stereocenters. The molecule has 1 fully saturated rings. The number of carbonyl (C=O) groups excluding carboxylic acids is 1. The summed E-state index contributed by atoms with van der Waals surface area (Å²) < 4.78 is 32.0. The van der Waals surface area contributed by atoms with E-state index in [-0.39, 0.29) is 4.69 Å². The van der Waals surface area contributed by atoms with Gasteiger partial charge in [-0.25, -0.2) is 0 Å². The van der Waals surface area contributed by atoms with Crippen LogP contribution in [-0.2, 0) is 16.0 Å². The van der Waals surface area contributed by atoms with Gasteiger partial charge in [0.1, 0.15) is 0 Å². The standard InChI is InChI=1S/C16H20AsF2NO4/c18-16(19,10-12-4-2-1-3-5-12)11-13(14(21)22)17-15(23)20-6-8-24-9-7-20/h1-5,13,17H,6-11H2,(H,21,22)/t13-/m0/s1. The zero-order chi connectivity index (χ0) is 17.6. The fraction of sp³-hybridized carbons (Fsp3) is 0.500. The molecule has 0 bridgehead atoms. The van der Waals surface area contributed by atoms with Crippen LogP contribution in [0.15, 0.2) is 30.3 Å². The van der Waals surface area contributed by atoms with Crippen LogP contribution in [0.4, 0.5) is 13.6 Å². The quantitative estimate of drug-likeness (QED) is 0.708. The molecule has 1 aromatic carbocycles. The van der Waals surface area contributed by atoms with Crippen molar-refractivity contribution in [3.05, 3.63) is 35.9 Å². The van der Waals surface area contributed by atoms with Crippen molar-refractivity contribution in [1.82, 2.24) is 4.90 Å². The normalized spacial score (nSPS) is 17.2. The third-order valence-corrected chi connectivity index (χ3v) is 6.56. The van der Waals surface area contributed by atoms with Crippen molar-refractivity contribution in [2.75, 3.05) is 26.3 Å². The van der Waals surface area contributed by atoms with E-state index in [1.807, 2.05) is 0 Å². The fourth-order valence-corrected chi connectivity index (χ4v) is 5.05. The molecule has 1 heterocycles. The molecule has 0 saturated carbocycles. The minimum atomic E-state index is -3.15. The number of carboxylic acids is 1. The topological polar surface area (TPSA) is 66.8 Å². The van der Waals surface area contributed by atoms with Crippen LogP contribution in [0.25, 0.3) is 0 Å². The summed E-state index contributed by atoms with van der Waals surface area (Å²) >= 11 is -1.72. The second kappa shape index (κ2) is 8.58. The molecular formula is C16H20AsF2NO4. The van der Waals surface area contributed by atoms with E-state index in [2.05, 4.69) is 0 Å². The summed E-state index contributed by atoms with van der Waals surface area (Å²) in [6.45, 7) is 1.60. The van der Waals surface area contributed by atoms with E-state index < -0.39 is 45.2 Å². The Morgan fingerprint density at radius 2 is 1.88 bits per heavy atom. The molecule has 1 amide bonds. The number of morpholine rings is 1. The van der Waals surface area contributed by atoms with Crippen LogP contribution in [0.2, 0.25) is 4.71 Å².